The second-order valence-corrected chi connectivity index (χ2v) is 5.32. The van der Waals surface area contributed by atoms with E-state index < -0.39 is 0 Å². The zero-order valence-corrected chi connectivity index (χ0v) is 11.9. The van der Waals surface area contributed by atoms with Crippen molar-refractivity contribution in [1.82, 2.24) is 20.2 Å². The van der Waals surface area contributed by atoms with Gasteiger partial charge in [0, 0.05) is 32.4 Å². The fraction of sp³-hybridized carbons (Fsp3) is 0.375. The molecule has 1 aliphatic heterocycles. The highest BCUT2D eigenvalue weighted by atomic mass is 15.2. The molecule has 0 bridgehead atoms. The molecule has 2 N–H and O–H groups in total. The molecule has 3 rings (SSSR count). The Morgan fingerprint density at radius 1 is 1.24 bits per heavy atom. The lowest BCUT2D eigenvalue weighted by molar-refractivity contribution is 0.169. The third-order valence-corrected chi connectivity index (χ3v) is 3.98. The summed E-state index contributed by atoms with van der Waals surface area (Å²) in [5, 5.41) is 12.3. The highest BCUT2D eigenvalue weighted by Gasteiger charge is 2.23. The van der Waals surface area contributed by atoms with Crippen molar-refractivity contribution in [1.29, 1.82) is 5.26 Å². The number of hydrogen-bond acceptors (Lipinski definition) is 4. The van der Waals surface area contributed by atoms with E-state index in [1.54, 1.807) is 6.33 Å². The summed E-state index contributed by atoms with van der Waals surface area (Å²) in [5.74, 6) is 0. The molecule has 1 fully saturated rings. The van der Waals surface area contributed by atoms with Gasteiger partial charge in [-0.1, -0.05) is 12.1 Å². The third kappa shape index (κ3) is 3.30. The molecule has 1 aliphatic rings. The summed E-state index contributed by atoms with van der Waals surface area (Å²) in [6.07, 6.45) is 4.58. The Morgan fingerprint density at radius 2 is 2.00 bits per heavy atom. The predicted octanol–water partition coefficient (Wildman–Crippen LogP) is 1.47. The maximum atomic E-state index is 8.89. The first-order chi connectivity index (χ1) is 10.4. The summed E-state index contributed by atoms with van der Waals surface area (Å²) < 4.78 is 0. The molecule has 1 aromatic carbocycles. The highest BCUT2D eigenvalue weighted by molar-refractivity contribution is 5.32. The van der Waals surface area contributed by atoms with E-state index in [1.165, 1.54) is 5.56 Å². The van der Waals surface area contributed by atoms with E-state index in [0.29, 0.717) is 11.6 Å². The Labute approximate surface area is 124 Å². The number of aromatic amines is 1. The minimum Gasteiger partial charge on any atom is -0.347 e. The standard InChI is InChI=1S/C16H19N5/c17-10-14-3-1-13(2-4-14)9-16(15-11-19-12-20-15)21-7-5-18-6-8-21/h1-4,11-12,16,18H,5-9H2,(H,19,20). The van der Waals surface area contributed by atoms with Crippen molar-refractivity contribution in [3.8, 4) is 6.07 Å². The SMILES string of the molecule is N#Cc1ccc(CC(c2cnc[nH]2)N2CCNCC2)cc1. The number of imidazole rings is 1. The van der Waals surface area contributed by atoms with Crippen LogP contribution < -0.4 is 5.32 Å². The summed E-state index contributed by atoms with van der Waals surface area (Å²) in [4.78, 5) is 9.91. The zero-order chi connectivity index (χ0) is 14.5. The molecule has 5 nitrogen and oxygen atoms in total. The van der Waals surface area contributed by atoms with Crippen LogP contribution in [0, 0.1) is 11.3 Å². The number of aromatic nitrogens is 2. The monoisotopic (exact) mass is 281 g/mol. The summed E-state index contributed by atoms with van der Waals surface area (Å²) in [6, 6.07) is 10.3. The topological polar surface area (TPSA) is 67.7 Å². The largest absolute Gasteiger partial charge is 0.347 e. The van der Waals surface area contributed by atoms with E-state index in [2.05, 4.69) is 26.3 Å². The minimum atomic E-state index is 0.308. The van der Waals surface area contributed by atoms with Gasteiger partial charge in [-0.05, 0) is 24.1 Å². The van der Waals surface area contributed by atoms with Gasteiger partial charge in [0.25, 0.3) is 0 Å². The first-order valence-corrected chi connectivity index (χ1v) is 7.29. The van der Waals surface area contributed by atoms with Crippen LogP contribution in [0.2, 0.25) is 0 Å². The maximum Gasteiger partial charge on any atom is 0.0991 e. The first kappa shape index (κ1) is 13.8. The number of nitrogens with one attached hydrogen (secondary N) is 2. The quantitative estimate of drug-likeness (QED) is 0.890. The van der Waals surface area contributed by atoms with Gasteiger partial charge in [-0.3, -0.25) is 4.90 Å². The molecule has 2 heterocycles. The van der Waals surface area contributed by atoms with Crippen LogP contribution in [-0.4, -0.2) is 41.0 Å². The number of hydrogen-bond donors (Lipinski definition) is 2. The van der Waals surface area contributed by atoms with E-state index >= 15 is 0 Å². The van der Waals surface area contributed by atoms with Crippen LogP contribution in [0.25, 0.3) is 0 Å². The molecule has 108 valence electrons. The fourth-order valence-corrected chi connectivity index (χ4v) is 2.82. The van der Waals surface area contributed by atoms with Crippen LogP contribution in [0.1, 0.15) is 22.9 Å². The van der Waals surface area contributed by atoms with Crippen LogP contribution >= 0.6 is 0 Å². The second kappa shape index (κ2) is 6.53. The van der Waals surface area contributed by atoms with Crippen molar-refractivity contribution in [3.63, 3.8) is 0 Å². The van der Waals surface area contributed by atoms with Gasteiger partial charge in [-0.15, -0.1) is 0 Å². The lowest BCUT2D eigenvalue weighted by Crippen LogP contribution is -2.45. The van der Waals surface area contributed by atoms with Gasteiger partial charge >= 0.3 is 0 Å². The number of nitriles is 1. The van der Waals surface area contributed by atoms with Gasteiger partial charge in [0.2, 0.25) is 0 Å². The molecule has 1 aromatic heterocycles. The van der Waals surface area contributed by atoms with E-state index in [1.807, 2.05) is 30.5 Å². The van der Waals surface area contributed by atoms with Crippen molar-refractivity contribution < 1.29 is 0 Å². The van der Waals surface area contributed by atoms with Crippen molar-refractivity contribution in [2.45, 2.75) is 12.5 Å². The van der Waals surface area contributed by atoms with Gasteiger partial charge in [-0.2, -0.15) is 5.26 Å². The molecule has 2 aromatic rings. The Morgan fingerprint density at radius 3 is 2.62 bits per heavy atom. The van der Waals surface area contributed by atoms with Gasteiger partial charge < -0.3 is 10.3 Å². The van der Waals surface area contributed by atoms with Crippen molar-refractivity contribution in [2.24, 2.45) is 0 Å². The van der Waals surface area contributed by atoms with Gasteiger partial charge in [0.05, 0.1) is 29.7 Å². The van der Waals surface area contributed by atoms with Crippen LogP contribution in [0.3, 0.4) is 0 Å². The Kier molecular flexibility index (Phi) is 4.29. The average Bonchev–Trinajstić information content (AvgIpc) is 3.08. The van der Waals surface area contributed by atoms with Gasteiger partial charge in [0.1, 0.15) is 0 Å². The molecule has 1 atom stereocenters. The smallest absolute Gasteiger partial charge is 0.0991 e. The third-order valence-electron chi connectivity index (χ3n) is 3.98. The second-order valence-electron chi connectivity index (χ2n) is 5.32. The average molecular weight is 281 g/mol. The van der Waals surface area contributed by atoms with Crippen LogP contribution in [-0.2, 0) is 6.42 Å². The summed E-state index contributed by atoms with van der Waals surface area (Å²) in [5.41, 5.74) is 3.10. The van der Waals surface area contributed by atoms with Crippen molar-refractivity contribution >= 4 is 0 Å². The molecule has 21 heavy (non-hydrogen) atoms. The molecule has 0 saturated carbocycles. The maximum absolute atomic E-state index is 8.89. The van der Waals surface area contributed by atoms with Gasteiger partial charge in [0.15, 0.2) is 0 Å². The lowest BCUT2D eigenvalue weighted by atomic mass is 10.0. The molecule has 1 unspecified atom stereocenters. The van der Waals surface area contributed by atoms with Crippen molar-refractivity contribution in [3.05, 3.63) is 53.6 Å². The van der Waals surface area contributed by atoms with Crippen molar-refractivity contribution in [2.75, 3.05) is 26.2 Å². The predicted molar refractivity (Wildman–Crippen MR) is 80.6 cm³/mol. The van der Waals surface area contributed by atoms with E-state index in [4.69, 9.17) is 5.26 Å². The summed E-state index contributed by atoms with van der Waals surface area (Å²) >= 11 is 0. The van der Waals surface area contributed by atoms with Gasteiger partial charge in [-0.25, -0.2) is 4.98 Å². The summed E-state index contributed by atoms with van der Waals surface area (Å²) in [7, 11) is 0. The first-order valence-electron chi connectivity index (χ1n) is 7.29. The number of nitrogens with zero attached hydrogens (tertiary/aromatic N) is 3. The number of benzene rings is 1. The van der Waals surface area contributed by atoms with E-state index in [-0.39, 0.29) is 0 Å². The lowest BCUT2D eigenvalue weighted by Gasteiger charge is -2.34. The highest BCUT2D eigenvalue weighted by Crippen LogP contribution is 2.24. The molecule has 0 radical (unpaired) electrons. The normalized spacial score (nSPS) is 17.3. The minimum absolute atomic E-state index is 0.308. The van der Waals surface area contributed by atoms with E-state index in [9.17, 15) is 0 Å². The van der Waals surface area contributed by atoms with Crippen LogP contribution in [0.4, 0.5) is 0 Å². The summed E-state index contributed by atoms with van der Waals surface area (Å²) in [6.45, 7) is 4.13. The Bertz CT molecular complexity index is 591. The molecule has 0 aliphatic carbocycles. The molecular formula is C16H19N5. The van der Waals surface area contributed by atoms with Crippen LogP contribution in [0.15, 0.2) is 36.8 Å². The molecule has 5 heteroatoms. The zero-order valence-electron chi connectivity index (χ0n) is 11.9. The van der Waals surface area contributed by atoms with Crippen LogP contribution in [0.5, 0.6) is 0 Å². The molecule has 0 spiro atoms. The molecular weight excluding hydrogens is 262 g/mol. The number of rotatable bonds is 4. The Balaban J connectivity index is 1.79. The molecule has 1 saturated heterocycles. The number of piperazine rings is 1. The number of H-pyrrole nitrogens is 1. The fourth-order valence-electron chi connectivity index (χ4n) is 2.82. The van der Waals surface area contributed by atoms with E-state index in [0.717, 1.165) is 38.3 Å². The Hall–Kier alpha value is -2.16. The molecule has 0 amide bonds.